The van der Waals surface area contributed by atoms with Crippen LogP contribution in [0.2, 0.25) is 0 Å². The van der Waals surface area contributed by atoms with E-state index in [-0.39, 0.29) is 0 Å². The minimum atomic E-state index is 0.777. The van der Waals surface area contributed by atoms with E-state index >= 15 is 0 Å². The third kappa shape index (κ3) is 6.76. The molecule has 19 heavy (non-hydrogen) atoms. The first kappa shape index (κ1) is 17.0. The average molecular weight is 268 g/mol. The molecule has 2 nitrogen and oxygen atoms in total. The Kier molecular flexibility index (Phi) is 9.54. The minimum Gasteiger partial charge on any atom is -0.314 e. The Morgan fingerprint density at radius 1 is 1.05 bits per heavy atom. The first-order valence-electron chi connectivity index (χ1n) is 8.74. The molecule has 1 rings (SSSR count). The van der Waals surface area contributed by atoms with Crippen molar-refractivity contribution in [1.82, 2.24) is 10.2 Å². The highest BCUT2D eigenvalue weighted by Crippen LogP contribution is 2.17. The van der Waals surface area contributed by atoms with Crippen LogP contribution in [0.5, 0.6) is 0 Å². The molecule has 1 heterocycles. The van der Waals surface area contributed by atoms with Gasteiger partial charge in [0.05, 0.1) is 0 Å². The lowest BCUT2D eigenvalue weighted by Crippen LogP contribution is -2.54. The predicted octanol–water partition coefficient (Wildman–Crippen LogP) is 4.06. The van der Waals surface area contributed by atoms with Gasteiger partial charge in [-0.2, -0.15) is 0 Å². The van der Waals surface area contributed by atoms with Crippen LogP contribution in [0.4, 0.5) is 0 Å². The van der Waals surface area contributed by atoms with Crippen molar-refractivity contribution in [3.8, 4) is 0 Å². The first-order valence-corrected chi connectivity index (χ1v) is 8.74. The molecule has 1 aliphatic heterocycles. The second kappa shape index (κ2) is 10.7. The maximum atomic E-state index is 3.56. The lowest BCUT2D eigenvalue weighted by atomic mass is 9.95. The maximum Gasteiger partial charge on any atom is 0.0246 e. The summed E-state index contributed by atoms with van der Waals surface area (Å²) >= 11 is 0. The molecule has 0 aliphatic carbocycles. The van der Waals surface area contributed by atoms with Gasteiger partial charge < -0.3 is 5.32 Å². The number of piperazine rings is 1. The van der Waals surface area contributed by atoms with Gasteiger partial charge in [0.15, 0.2) is 0 Å². The summed E-state index contributed by atoms with van der Waals surface area (Å²) in [5.74, 6) is 0.831. The van der Waals surface area contributed by atoms with Crippen molar-refractivity contribution in [2.45, 2.75) is 78.2 Å². The standard InChI is InChI=1S/C17H36N2/c1-4-6-7-8-9-10-11-13-19-14-12-18-15-17(19)16(3)5-2/h16-18H,4-15H2,1-3H3. The molecule has 0 spiro atoms. The zero-order valence-corrected chi connectivity index (χ0v) is 13.6. The Morgan fingerprint density at radius 3 is 2.42 bits per heavy atom. The minimum absolute atomic E-state index is 0.777. The van der Waals surface area contributed by atoms with Crippen LogP contribution in [0.25, 0.3) is 0 Å². The van der Waals surface area contributed by atoms with Crippen LogP contribution in [-0.2, 0) is 0 Å². The third-order valence-corrected chi connectivity index (χ3v) is 4.75. The third-order valence-electron chi connectivity index (χ3n) is 4.75. The van der Waals surface area contributed by atoms with Crippen LogP contribution in [0.1, 0.15) is 72.1 Å². The van der Waals surface area contributed by atoms with Crippen molar-refractivity contribution < 1.29 is 0 Å². The molecule has 2 atom stereocenters. The zero-order chi connectivity index (χ0) is 13.9. The van der Waals surface area contributed by atoms with Gasteiger partial charge in [-0.3, -0.25) is 4.90 Å². The first-order chi connectivity index (χ1) is 9.29. The van der Waals surface area contributed by atoms with E-state index in [2.05, 4.69) is 31.0 Å². The van der Waals surface area contributed by atoms with Gasteiger partial charge in [-0.25, -0.2) is 0 Å². The van der Waals surface area contributed by atoms with E-state index in [9.17, 15) is 0 Å². The van der Waals surface area contributed by atoms with Crippen LogP contribution in [-0.4, -0.2) is 37.1 Å². The highest BCUT2D eigenvalue weighted by molar-refractivity contribution is 4.83. The summed E-state index contributed by atoms with van der Waals surface area (Å²) < 4.78 is 0. The summed E-state index contributed by atoms with van der Waals surface area (Å²) in [5, 5.41) is 3.56. The van der Waals surface area contributed by atoms with E-state index < -0.39 is 0 Å². The molecule has 2 heteroatoms. The molecular formula is C17H36N2. The number of nitrogens with one attached hydrogen (secondary N) is 1. The van der Waals surface area contributed by atoms with E-state index in [1.807, 2.05) is 0 Å². The van der Waals surface area contributed by atoms with Gasteiger partial charge in [0.2, 0.25) is 0 Å². The van der Waals surface area contributed by atoms with Gasteiger partial charge in [-0.05, 0) is 18.9 Å². The predicted molar refractivity (Wildman–Crippen MR) is 85.7 cm³/mol. The number of unbranched alkanes of at least 4 members (excludes halogenated alkanes) is 6. The number of nitrogens with zero attached hydrogens (tertiary/aromatic N) is 1. The summed E-state index contributed by atoms with van der Waals surface area (Å²) in [5.41, 5.74) is 0. The molecule has 0 aromatic rings. The number of hydrogen-bond acceptors (Lipinski definition) is 2. The monoisotopic (exact) mass is 268 g/mol. The Labute approximate surface area is 121 Å². The average Bonchev–Trinajstić information content (AvgIpc) is 2.46. The Hall–Kier alpha value is -0.0800. The molecule has 0 aromatic heterocycles. The van der Waals surface area contributed by atoms with Crippen molar-refractivity contribution in [3.05, 3.63) is 0 Å². The smallest absolute Gasteiger partial charge is 0.0246 e. The van der Waals surface area contributed by atoms with E-state index in [1.165, 1.54) is 77.5 Å². The van der Waals surface area contributed by atoms with Gasteiger partial charge in [-0.15, -0.1) is 0 Å². The Balaban J connectivity index is 2.11. The number of rotatable bonds is 10. The van der Waals surface area contributed by atoms with Crippen molar-refractivity contribution >= 4 is 0 Å². The Bertz CT molecular complexity index is 205. The highest BCUT2D eigenvalue weighted by Gasteiger charge is 2.25. The maximum absolute atomic E-state index is 3.56. The van der Waals surface area contributed by atoms with E-state index in [4.69, 9.17) is 0 Å². The lowest BCUT2D eigenvalue weighted by molar-refractivity contribution is 0.114. The van der Waals surface area contributed by atoms with E-state index in [0.717, 1.165) is 12.0 Å². The lowest BCUT2D eigenvalue weighted by Gasteiger charge is -2.39. The highest BCUT2D eigenvalue weighted by atomic mass is 15.2. The van der Waals surface area contributed by atoms with Crippen LogP contribution in [0.3, 0.4) is 0 Å². The van der Waals surface area contributed by atoms with Crippen LogP contribution in [0.15, 0.2) is 0 Å². The molecule has 0 bridgehead atoms. The molecule has 1 aliphatic rings. The van der Waals surface area contributed by atoms with Crippen LogP contribution < -0.4 is 5.32 Å². The molecule has 1 N–H and O–H groups in total. The molecule has 0 radical (unpaired) electrons. The summed E-state index contributed by atoms with van der Waals surface area (Å²) in [6.07, 6.45) is 11.3. The summed E-state index contributed by atoms with van der Waals surface area (Å²) in [4.78, 5) is 2.75. The molecule has 1 saturated heterocycles. The quantitative estimate of drug-likeness (QED) is 0.601. The van der Waals surface area contributed by atoms with E-state index in [1.54, 1.807) is 0 Å². The number of hydrogen-bond donors (Lipinski definition) is 1. The van der Waals surface area contributed by atoms with Gasteiger partial charge in [0, 0.05) is 25.7 Å². The molecule has 0 aromatic carbocycles. The SMILES string of the molecule is CCCCCCCCCN1CCNCC1C(C)CC. The fourth-order valence-electron chi connectivity index (χ4n) is 3.15. The van der Waals surface area contributed by atoms with Crippen LogP contribution in [0, 0.1) is 5.92 Å². The topological polar surface area (TPSA) is 15.3 Å². The van der Waals surface area contributed by atoms with Crippen molar-refractivity contribution in [1.29, 1.82) is 0 Å². The molecule has 0 amide bonds. The Morgan fingerprint density at radius 2 is 1.74 bits per heavy atom. The molecule has 1 fully saturated rings. The van der Waals surface area contributed by atoms with Crippen molar-refractivity contribution in [3.63, 3.8) is 0 Å². The van der Waals surface area contributed by atoms with E-state index in [0.29, 0.717) is 0 Å². The van der Waals surface area contributed by atoms with Gasteiger partial charge in [-0.1, -0.05) is 65.7 Å². The fourth-order valence-corrected chi connectivity index (χ4v) is 3.15. The zero-order valence-electron chi connectivity index (χ0n) is 13.6. The second-order valence-electron chi connectivity index (χ2n) is 6.31. The molecule has 114 valence electrons. The summed E-state index contributed by atoms with van der Waals surface area (Å²) in [7, 11) is 0. The normalized spacial score (nSPS) is 22.6. The van der Waals surface area contributed by atoms with Crippen LogP contribution >= 0.6 is 0 Å². The van der Waals surface area contributed by atoms with Gasteiger partial charge in [0.25, 0.3) is 0 Å². The second-order valence-corrected chi connectivity index (χ2v) is 6.31. The largest absolute Gasteiger partial charge is 0.314 e. The molecule has 0 saturated carbocycles. The van der Waals surface area contributed by atoms with Gasteiger partial charge in [0.1, 0.15) is 0 Å². The fraction of sp³-hybridized carbons (Fsp3) is 1.00. The summed E-state index contributed by atoms with van der Waals surface area (Å²) in [6.45, 7) is 12.0. The summed E-state index contributed by atoms with van der Waals surface area (Å²) in [6, 6.07) is 0.777. The molecular weight excluding hydrogens is 232 g/mol. The van der Waals surface area contributed by atoms with Crippen molar-refractivity contribution in [2.24, 2.45) is 5.92 Å². The molecule has 2 unspecified atom stereocenters. The van der Waals surface area contributed by atoms with Gasteiger partial charge >= 0.3 is 0 Å². The van der Waals surface area contributed by atoms with Crippen molar-refractivity contribution in [2.75, 3.05) is 26.2 Å².